The Morgan fingerprint density at radius 1 is 1.57 bits per heavy atom. The zero-order chi connectivity index (χ0) is 10.0. The van der Waals surface area contributed by atoms with Crippen molar-refractivity contribution in [3.63, 3.8) is 0 Å². The Morgan fingerprint density at radius 3 is 2.93 bits per heavy atom. The Balaban J connectivity index is 1.81. The van der Waals surface area contributed by atoms with E-state index >= 15 is 0 Å². The predicted octanol–water partition coefficient (Wildman–Crippen LogP) is 2.46. The smallest absolute Gasteiger partial charge is 0.0930 e. The van der Waals surface area contributed by atoms with E-state index in [9.17, 15) is 0 Å². The van der Waals surface area contributed by atoms with Gasteiger partial charge in [0.15, 0.2) is 0 Å². The lowest BCUT2D eigenvalue weighted by molar-refractivity contribution is 0.336. The molecule has 0 aliphatic heterocycles. The van der Waals surface area contributed by atoms with Crippen molar-refractivity contribution >= 4 is 11.3 Å². The van der Waals surface area contributed by atoms with Crippen LogP contribution in [0.2, 0.25) is 0 Å². The van der Waals surface area contributed by atoms with Gasteiger partial charge in [-0.1, -0.05) is 13.8 Å². The molecule has 0 bridgehead atoms. The van der Waals surface area contributed by atoms with Crippen LogP contribution in [-0.2, 0) is 6.42 Å². The molecule has 3 heteroatoms. The van der Waals surface area contributed by atoms with E-state index in [0.29, 0.717) is 5.41 Å². The van der Waals surface area contributed by atoms with E-state index in [4.69, 9.17) is 0 Å². The summed E-state index contributed by atoms with van der Waals surface area (Å²) in [5, 5.41) is 6.90. The van der Waals surface area contributed by atoms with Gasteiger partial charge in [-0.3, -0.25) is 0 Å². The minimum atomic E-state index is 0.334. The average molecular weight is 210 g/mol. The minimum absolute atomic E-state index is 0.334. The van der Waals surface area contributed by atoms with Crippen molar-refractivity contribution in [2.24, 2.45) is 5.41 Å². The molecule has 2 nitrogen and oxygen atoms in total. The molecule has 1 aliphatic rings. The molecular formula is C11H18N2S. The fraction of sp³-hybridized carbons (Fsp3) is 0.727. The molecular weight excluding hydrogens is 192 g/mol. The SMILES string of the molecule is CC(C)(CNC1CC1)Cc1nccs1. The first-order chi connectivity index (χ1) is 6.66. The lowest BCUT2D eigenvalue weighted by Gasteiger charge is -2.23. The minimum Gasteiger partial charge on any atom is -0.313 e. The molecule has 2 rings (SSSR count). The molecule has 0 radical (unpaired) electrons. The molecule has 0 spiro atoms. The summed E-state index contributed by atoms with van der Waals surface area (Å²) in [5.74, 6) is 0. The zero-order valence-corrected chi connectivity index (χ0v) is 9.73. The maximum Gasteiger partial charge on any atom is 0.0930 e. The standard InChI is InChI=1S/C11H18N2S/c1-11(2,8-13-9-3-4-9)7-10-12-5-6-14-10/h5-6,9,13H,3-4,7-8H2,1-2H3. The molecule has 1 saturated carbocycles. The molecule has 14 heavy (non-hydrogen) atoms. The van der Waals surface area contributed by atoms with E-state index in [1.54, 1.807) is 11.3 Å². The van der Waals surface area contributed by atoms with E-state index in [1.807, 2.05) is 6.20 Å². The van der Waals surface area contributed by atoms with Crippen LogP contribution in [0, 0.1) is 5.41 Å². The van der Waals surface area contributed by atoms with Crippen LogP contribution in [0.25, 0.3) is 0 Å². The van der Waals surface area contributed by atoms with Crippen molar-refractivity contribution in [3.8, 4) is 0 Å². The van der Waals surface area contributed by atoms with Crippen LogP contribution in [0.4, 0.5) is 0 Å². The summed E-state index contributed by atoms with van der Waals surface area (Å²) in [6.45, 7) is 5.73. The maximum absolute atomic E-state index is 4.33. The molecule has 0 atom stereocenters. The first kappa shape index (κ1) is 10.1. The summed E-state index contributed by atoms with van der Waals surface area (Å²) in [4.78, 5) is 4.33. The summed E-state index contributed by atoms with van der Waals surface area (Å²) in [5.41, 5.74) is 0.334. The molecule has 78 valence electrons. The zero-order valence-electron chi connectivity index (χ0n) is 8.92. The highest BCUT2D eigenvalue weighted by Crippen LogP contribution is 2.25. The molecule has 0 aromatic carbocycles. The second-order valence-electron chi connectivity index (χ2n) is 4.92. The van der Waals surface area contributed by atoms with Crippen molar-refractivity contribution in [2.75, 3.05) is 6.54 Å². The van der Waals surface area contributed by atoms with Gasteiger partial charge in [0.1, 0.15) is 0 Å². The van der Waals surface area contributed by atoms with Crippen LogP contribution >= 0.6 is 11.3 Å². The Hall–Kier alpha value is -0.410. The summed E-state index contributed by atoms with van der Waals surface area (Å²) < 4.78 is 0. The summed E-state index contributed by atoms with van der Waals surface area (Å²) in [6.07, 6.45) is 5.72. The van der Waals surface area contributed by atoms with Crippen molar-refractivity contribution in [3.05, 3.63) is 16.6 Å². The number of aromatic nitrogens is 1. The number of nitrogens with zero attached hydrogens (tertiary/aromatic N) is 1. The molecule has 1 aromatic heterocycles. The Kier molecular flexibility index (Phi) is 2.88. The maximum atomic E-state index is 4.33. The number of thiazole rings is 1. The summed E-state index contributed by atoms with van der Waals surface area (Å²) in [7, 11) is 0. The molecule has 1 aliphatic carbocycles. The molecule has 0 amide bonds. The van der Waals surface area contributed by atoms with Crippen LogP contribution in [0.3, 0.4) is 0 Å². The van der Waals surface area contributed by atoms with Gasteiger partial charge in [-0.15, -0.1) is 11.3 Å². The van der Waals surface area contributed by atoms with Crippen LogP contribution in [0.5, 0.6) is 0 Å². The van der Waals surface area contributed by atoms with Gasteiger partial charge < -0.3 is 5.32 Å². The topological polar surface area (TPSA) is 24.9 Å². The third-order valence-electron chi connectivity index (χ3n) is 2.56. The van der Waals surface area contributed by atoms with E-state index in [2.05, 4.69) is 29.5 Å². The van der Waals surface area contributed by atoms with Crippen molar-refractivity contribution in [2.45, 2.75) is 39.2 Å². The quantitative estimate of drug-likeness (QED) is 0.807. The first-order valence-corrected chi connectivity index (χ1v) is 6.15. The van der Waals surface area contributed by atoms with Crippen molar-refractivity contribution in [1.82, 2.24) is 10.3 Å². The van der Waals surface area contributed by atoms with Gasteiger partial charge in [-0.2, -0.15) is 0 Å². The molecule has 1 fully saturated rings. The highest BCUT2D eigenvalue weighted by molar-refractivity contribution is 7.09. The highest BCUT2D eigenvalue weighted by atomic mass is 32.1. The second kappa shape index (κ2) is 3.99. The van der Waals surface area contributed by atoms with Crippen LogP contribution in [-0.4, -0.2) is 17.6 Å². The highest BCUT2D eigenvalue weighted by Gasteiger charge is 2.25. The molecule has 1 N–H and O–H groups in total. The molecule has 0 unspecified atom stereocenters. The monoisotopic (exact) mass is 210 g/mol. The second-order valence-corrected chi connectivity index (χ2v) is 5.90. The van der Waals surface area contributed by atoms with Gasteiger partial charge in [0.25, 0.3) is 0 Å². The lowest BCUT2D eigenvalue weighted by atomic mass is 9.89. The Bertz CT molecular complexity index is 275. The molecule has 1 aromatic rings. The van der Waals surface area contributed by atoms with Crippen molar-refractivity contribution < 1.29 is 0 Å². The average Bonchev–Trinajstić information content (AvgIpc) is 2.82. The largest absolute Gasteiger partial charge is 0.313 e. The van der Waals surface area contributed by atoms with Gasteiger partial charge >= 0.3 is 0 Å². The Labute approximate surface area is 89.8 Å². The normalized spacial score (nSPS) is 17.3. The van der Waals surface area contributed by atoms with Crippen molar-refractivity contribution in [1.29, 1.82) is 0 Å². The van der Waals surface area contributed by atoms with E-state index in [-0.39, 0.29) is 0 Å². The van der Waals surface area contributed by atoms with E-state index in [1.165, 1.54) is 17.8 Å². The van der Waals surface area contributed by atoms with Gasteiger partial charge in [0, 0.05) is 30.6 Å². The van der Waals surface area contributed by atoms with Crippen LogP contribution < -0.4 is 5.32 Å². The predicted molar refractivity (Wildman–Crippen MR) is 60.6 cm³/mol. The lowest BCUT2D eigenvalue weighted by Crippen LogP contribution is -2.32. The third kappa shape index (κ3) is 3.07. The molecule has 1 heterocycles. The van der Waals surface area contributed by atoms with Crippen LogP contribution in [0.15, 0.2) is 11.6 Å². The first-order valence-electron chi connectivity index (χ1n) is 5.27. The number of nitrogens with one attached hydrogen (secondary N) is 1. The third-order valence-corrected chi connectivity index (χ3v) is 3.34. The number of hydrogen-bond acceptors (Lipinski definition) is 3. The summed E-state index contributed by atoms with van der Waals surface area (Å²) in [6, 6.07) is 0.811. The van der Waals surface area contributed by atoms with Gasteiger partial charge in [0.2, 0.25) is 0 Å². The van der Waals surface area contributed by atoms with Gasteiger partial charge in [0.05, 0.1) is 5.01 Å². The van der Waals surface area contributed by atoms with E-state index < -0.39 is 0 Å². The van der Waals surface area contributed by atoms with Gasteiger partial charge in [-0.25, -0.2) is 4.98 Å². The fourth-order valence-electron chi connectivity index (χ4n) is 1.52. The fourth-order valence-corrected chi connectivity index (χ4v) is 2.39. The van der Waals surface area contributed by atoms with Crippen LogP contribution in [0.1, 0.15) is 31.7 Å². The molecule has 0 saturated heterocycles. The van der Waals surface area contributed by atoms with Gasteiger partial charge in [-0.05, 0) is 18.3 Å². The Morgan fingerprint density at radius 2 is 2.36 bits per heavy atom. The van der Waals surface area contributed by atoms with E-state index in [0.717, 1.165) is 19.0 Å². The number of hydrogen-bond donors (Lipinski definition) is 1. The number of rotatable bonds is 5. The summed E-state index contributed by atoms with van der Waals surface area (Å²) >= 11 is 1.76.